The van der Waals surface area contributed by atoms with Crippen LogP contribution in [0.15, 0.2) is 27.9 Å². The lowest BCUT2D eigenvalue weighted by atomic mass is 9.91. The van der Waals surface area contributed by atoms with E-state index in [1.807, 2.05) is 17.8 Å². The Kier molecular flexibility index (Phi) is 4.54. The van der Waals surface area contributed by atoms with Gasteiger partial charge in [-0.3, -0.25) is 4.79 Å². The summed E-state index contributed by atoms with van der Waals surface area (Å²) in [7, 11) is 3.51. The summed E-state index contributed by atoms with van der Waals surface area (Å²) in [6.07, 6.45) is 6.49. The lowest BCUT2D eigenvalue weighted by Gasteiger charge is -2.36. The maximum atomic E-state index is 12.0. The smallest absolute Gasteiger partial charge is 0.282 e. The second kappa shape index (κ2) is 6.45. The highest BCUT2D eigenvalue weighted by atomic mass is 79.9. The first kappa shape index (κ1) is 16.2. The van der Waals surface area contributed by atoms with E-state index >= 15 is 0 Å². The summed E-state index contributed by atoms with van der Waals surface area (Å²) in [6.45, 7) is 1.51. The SMILES string of the molecule is Cn1ccnc1C(O)C1CCCN(c2cnn(C)c(=O)c2Br)C1. The highest BCUT2D eigenvalue weighted by Crippen LogP contribution is 2.32. The largest absolute Gasteiger partial charge is 0.385 e. The van der Waals surface area contributed by atoms with Crippen molar-refractivity contribution in [2.24, 2.45) is 20.0 Å². The lowest BCUT2D eigenvalue weighted by Crippen LogP contribution is -2.39. The van der Waals surface area contributed by atoms with Crippen molar-refractivity contribution in [3.05, 3.63) is 39.2 Å². The van der Waals surface area contributed by atoms with Gasteiger partial charge < -0.3 is 14.6 Å². The van der Waals surface area contributed by atoms with Crippen LogP contribution in [0.25, 0.3) is 0 Å². The summed E-state index contributed by atoms with van der Waals surface area (Å²) < 4.78 is 3.67. The second-order valence-corrected chi connectivity index (χ2v) is 6.76. The van der Waals surface area contributed by atoms with Crippen LogP contribution < -0.4 is 10.5 Å². The molecule has 0 spiro atoms. The van der Waals surface area contributed by atoms with Crippen LogP contribution in [0.4, 0.5) is 5.69 Å². The number of imidazole rings is 1. The number of nitrogens with zero attached hydrogens (tertiary/aromatic N) is 5. The van der Waals surface area contributed by atoms with Crippen LogP contribution in [-0.2, 0) is 14.1 Å². The van der Waals surface area contributed by atoms with Gasteiger partial charge in [-0.15, -0.1) is 0 Å². The van der Waals surface area contributed by atoms with Gasteiger partial charge in [-0.25, -0.2) is 9.67 Å². The molecule has 1 aliphatic heterocycles. The Morgan fingerprint density at radius 1 is 1.43 bits per heavy atom. The maximum absolute atomic E-state index is 12.0. The summed E-state index contributed by atoms with van der Waals surface area (Å²) in [5, 5.41) is 14.7. The molecule has 2 aromatic heterocycles. The molecule has 1 saturated heterocycles. The maximum Gasteiger partial charge on any atom is 0.282 e. The normalized spacial score (nSPS) is 19.8. The average Bonchev–Trinajstić information content (AvgIpc) is 2.98. The average molecular weight is 382 g/mol. The van der Waals surface area contributed by atoms with Crippen molar-refractivity contribution in [2.75, 3.05) is 18.0 Å². The minimum absolute atomic E-state index is 0.0702. The quantitative estimate of drug-likeness (QED) is 0.864. The first-order valence-electron chi connectivity index (χ1n) is 7.61. The number of halogens is 1. The summed E-state index contributed by atoms with van der Waals surface area (Å²) in [5.41, 5.74) is 0.624. The van der Waals surface area contributed by atoms with Gasteiger partial charge in [-0.1, -0.05) is 0 Å². The molecule has 0 saturated carbocycles. The molecule has 3 heterocycles. The third-order valence-corrected chi connectivity index (χ3v) is 5.17. The molecule has 0 radical (unpaired) electrons. The topological polar surface area (TPSA) is 76.2 Å². The van der Waals surface area contributed by atoms with Crippen molar-refractivity contribution in [3.63, 3.8) is 0 Å². The van der Waals surface area contributed by atoms with Crippen LogP contribution in [-0.4, -0.2) is 37.5 Å². The van der Waals surface area contributed by atoms with Crippen molar-refractivity contribution in [2.45, 2.75) is 18.9 Å². The van der Waals surface area contributed by atoms with E-state index in [9.17, 15) is 9.90 Å². The fourth-order valence-electron chi connectivity index (χ4n) is 3.08. The lowest BCUT2D eigenvalue weighted by molar-refractivity contribution is 0.0874. The molecule has 3 rings (SSSR count). The molecular formula is C15H20BrN5O2. The van der Waals surface area contributed by atoms with Gasteiger partial charge in [0.2, 0.25) is 0 Å². The number of aryl methyl sites for hydroxylation is 2. The van der Waals surface area contributed by atoms with Gasteiger partial charge in [0.1, 0.15) is 16.4 Å². The molecule has 0 aromatic carbocycles. The molecule has 8 heteroatoms. The van der Waals surface area contributed by atoms with Crippen molar-refractivity contribution in [1.82, 2.24) is 19.3 Å². The van der Waals surface area contributed by atoms with E-state index in [2.05, 4.69) is 30.9 Å². The first-order valence-corrected chi connectivity index (χ1v) is 8.40. The number of piperidine rings is 1. The standard InChI is InChI=1S/C15H20BrN5O2/c1-19-7-5-17-14(19)13(22)10-4-3-6-21(9-10)11-8-18-20(2)15(23)12(11)16/h5,7-8,10,13,22H,3-4,6,9H2,1-2H3. The van der Waals surface area contributed by atoms with Gasteiger partial charge in [0, 0.05) is 45.5 Å². The Labute approximate surface area is 142 Å². The number of anilines is 1. The molecule has 124 valence electrons. The summed E-state index contributed by atoms with van der Waals surface area (Å²) in [5.74, 6) is 0.749. The summed E-state index contributed by atoms with van der Waals surface area (Å²) in [6, 6.07) is 0. The minimum atomic E-state index is -0.615. The zero-order valence-electron chi connectivity index (χ0n) is 13.2. The van der Waals surface area contributed by atoms with Gasteiger partial charge >= 0.3 is 0 Å². The van der Waals surface area contributed by atoms with Crippen LogP contribution in [0.1, 0.15) is 24.8 Å². The third kappa shape index (κ3) is 3.05. The van der Waals surface area contributed by atoms with Crippen molar-refractivity contribution in [3.8, 4) is 0 Å². The molecule has 0 bridgehead atoms. The van der Waals surface area contributed by atoms with Crippen LogP contribution in [0, 0.1) is 5.92 Å². The Hall–Kier alpha value is -1.67. The van der Waals surface area contributed by atoms with Crippen LogP contribution in [0.3, 0.4) is 0 Å². The zero-order chi connectivity index (χ0) is 16.6. The van der Waals surface area contributed by atoms with Gasteiger partial charge in [-0.05, 0) is 28.8 Å². The third-order valence-electron chi connectivity index (χ3n) is 4.43. The zero-order valence-corrected chi connectivity index (χ0v) is 14.8. The summed E-state index contributed by atoms with van der Waals surface area (Å²) >= 11 is 3.38. The van der Waals surface area contributed by atoms with Gasteiger partial charge in [0.15, 0.2) is 0 Å². The number of aliphatic hydroxyl groups excluding tert-OH is 1. The molecule has 2 atom stereocenters. The van der Waals surface area contributed by atoms with Crippen molar-refractivity contribution >= 4 is 21.6 Å². The van der Waals surface area contributed by atoms with E-state index in [1.54, 1.807) is 19.4 Å². The second-order valence-electron chi connectivity index (χ2n) is 5.96. The first-order chi connectivity index (χ1) is 11.0. The fourth-order valence-corrected chi connectivity index (χ4v) is 3.69. The van der Waals surface area contributed by atoms with Gasteiger partial charge in [0.25, 0.3) is 5.56 Å². The van der Waals surface area contributed by atoms with E-state index in [1.165, 1.54) is 4.68 Å². The number of hydrogen-bond donors (Lipinski definition) is 1. The minimum Gasteiger partial charge on any atom is -0.385 e. The molecular weight excluding hydrogens is 362 g/mol. The molecule has 0 aliphatic carbocycles. The van der Waals surface area contributed by atoms with E-state index < -0.39 is 6.10 Å². The monoisotopic (exact) mass is 381 g/mol. The van der Waals surface area contributed by atoms with Crippen LogP contribution in [0.5, 0.6) is 0 Å². The predicted molar refractivity (Wildman–Crippen MR) is 90.3 cm³/mol. The Morgan fingerprint density at radius 3 is 2.91 bits per heavy atom. The molecule has 2 unspecified atom stereocenters. The Morgan fingerprint density at radius 2 is 2.22 bits per heavy atom. The predicted octanol–water partition coefficient (Wildman–Crippen LogP) is 1.23. The number of hydrogen-bond acceptors (Lipinski definition) is 5. The number of aromatic nitrogens is 4. The van der Waals surface area contributed by atoms with E-state index in [0.29, 0.717) is 16.8 Å². The molecule has 7 nitrogen and oxygen atoms in total. The van der Waals surface area contributed by atoms with Gasteiger partial charge in [-0.2, -0.15) is 5.10 Å². The van der Waals surface area contributed by atoms with E-state index in [-0.39, 0.29) is 11.5 Å². The van der Waals surface area contributed by atoms with Crippen LogP contribution in [0.2, 0.25) is 0 Å². The molecule has 1 fully saturated rings. The number of aliphatic hydroxyl groups is 1. The highest BCUT2D eigenvalue weighted by molar-refractivity contribution is 9.10. The molecule has 1 N–H and O–H groups in total. The highest BCUT2D eigenvalue weighted by Gasteiger charge is 2.30. The van der Waals surface area contributed by atoms with Gasteiger partial charge in [0.05, 0.1) is 11.9 Å². The number of rotatable bonds is 3. The Balaban J connectivity index is 1.83. The summed E-state index contributed by atoms with van der Waals surface area (Å²) in [4.78, 5) is 18.4. The molecule has 1 aliphatic rings. The van der Waals surface area contributed by atoms with Crippen LogP contribution >= 0.6 is 15.9 Å². The van der Waals surface area contributed by atoms with E-state index in [0.717, 1.165) is 25.1 Å². The molecule has 23 heavy (non-hydrogen) atoms. The molecule has 2 aromatic rings. The molecule has 0 amide bonds. The Bertz CT molecular complexity index is 757. The van der Waals surface area contributed by atoms with E-state index in [4.69, 9.17) is 0 Å². The van der Waals surface area contributed by atoms with Crippen molar-refractivity contribution < 1.29 is 5.11 Å². The van der Waals surface area contributed by atoms with Crippen molar-refractivity contribution in [1.29, 1.82) is 0 Å². The fraction of sp³-hybridized carbons (Fsp3) is 0.533.